The van der Waals surface area contributed by atoms with E-state index in [2.05, 4.69) is 30.1 Å². The number of benzene rings is 1. The molecule has 0 aliphatic rings. The van der Waals surface area contributed by atoms with E-state index in [-0.39, 0.29) is 5.25 Å². The quantitative estimate of drug-likeness (QED) is 0.829. The molecule has 1 heterocycles. The van der Waals surface area contributed by atoms with Gasteiger partial charge >= 0.3 is 0 Å². The van der Waals surface area contributed by atoms with E-state index >= 15 is 0 Å². The number of aromatic nitrogens is 2. The summed E-state index contributed by atoms with van der Waals surface area (Å²) >= 11 is 1.77. The number of hydrogen-bond donors (Lipinski definition) is 0. The Kier molecular flexibility index (Phi) is 4.47. The van der Waals surface area contributed by atoms with Crippen molar-refractivity contribution in [1.82, 2.24) is 10.2 Å². The summed E-state index contributed by atoms with van der Waals surface area (Å²) in [6, 6.07) is 8.07. The van der Waals surface area contributed by atoms with Crippen LogP contribution >= 0.6 is 11.8 Å². The maximum Gasteiger partial charge on any atom is 0.229 e. The molecule has 0 aliphatic carbocycles. The molecule has 1 aromatic carbocycles. The molecule has 0 saturated heterocycles. The van der Waals surface area contributed by atoms with E-state index in [1.165, 1.54) is 5.56 Å². The Morgan fingerprint density at radius 3 is 2.53 bits per heavy atom. The molecule has 0 amide bonds. The minimum Gasteiger partial charge on any atom is -0.496 e. The molecule has 0 spiro atoms. The Balaban J connectivity index is 2.10. The van der Waals surface area contributed by atoms with E-state index in [0.717, 1.165) is 5.75 Å². The van der Waals surface area contributed by atoms with Gasteiger partial charge in [0.25, 0.3) is 0 Å². The molecule has 4 nitrogen and oxygen atoms in total. The molecule has 0 fully saturated rings. The van der Waals surface area contributed by atoms with Crippen LogP contribution in [0.4, 0.5) is 0 Å². The summed E-state index contributed by atoms with van der Waals surface area (Å²) in [6.07, 6.45) is 0. The molecule has 0 aliphatic heterocycles. The molecular formula is C14H18N2O2S. The number of hydrogen-bond acceptors (Lipinski definition) is 5. The number of methoxy groups -OCH3 is 1. The molecule has 0 saturated carbocycles. The van der Waals surface area contributed by atoms with Gasteiger partial charge in [0.2, 0.25) is 11.8 Å². The summed E-state index contributed by atoms with van der Waals surface area (Å²) in [5, 5.41) is 8.38. The van der Waals surface area contributed by atoms with E-state index in [0.29, 0.717) is 17.0 Å². The number of rotatable bonds is 5. The van der Waals surface area contributed by atoms with Crippen molar-refractivity contribution in [2.24, 2.45) is 0 Å². The smallest absolute Gasteiger partial charge is 0.229 e. The molecule has 1 aromatic heterocycles. The number of para-hydroxylation sites is 1. The third kappa shape index (κ3) is 3.29. The largest absolute Gasteiger partial charge is 0.496 e. The van der Waals surface area contributed by atoms with Crippen LogP contribution in [0.2, 0.25) is 0 Å². The highest BCUT2D eigenvalue weighted by Crippen LogP contribution is 2.42. The van der Waals surface area contributed by atoms with Gasteiger partial charge in [-0.3, -0.25) is 0 Å². The summed E-state index contributed by atoms with van der Waals surface area (Å²) < 4.78 is 10.9. The van der Waals surface area contributed by atoms with Crippen molar-refractivity contribution in [1.29, 1.82) is 0 Å². The van der Waals surface area contributed by atoms with E-state index in [1.54, 1.807) is 25.8 Å². The number of ether oxygens (including phenoxy) is 1. The van der Waals surface area contributed by atoms with Gasteiger partial charge in [0, 0.05) is 17.7 Å². The Hall–Kier alpha value is -1.49. The summed E-state index contributed by atoms with van der Waals surface area (Å²) in [5.41, 5.74) is 1.18. The second-order valence-corrected chi connectivity index (χ2v) is 6.01. The third-order valence-electron chi connectivity index (χ3n) is 2.87. The summed E-state index contributed by atoms with van der Waals surface area (Å²) in [4.78, 5) is 0. The zero-order valence-electron chi connectivity index (χ0n) is 11.6. The number of nitrogens with zero attached hydrogens (tertiary/aromatic N) is 2. The third-order valence-corrected chi connectivity index (χ3v) is 4.15. The molecule has 0 N–H and O–H groups in total. The van der Waals surface area contributed by atoms with Gasteiger partial charge in [-0.15, -0.1) is 22.0 Å². The van der Waals surface area contributed by atoms with Crippen molar-refractivity contribution in [2.75, 3.05) is 7.11 Å². The number of aryl methyl sites for hydroxylation is 1. The predicted octanol–water partition coefficient (Wildman–Crippen LogP) is 3.94. The summed E-state index contributed by atoms with van der Waals surface area (Å²) in [5.74, 6) is 2.19. The lowest BCUT2D eigenvalue weighted by atomic mass is 10.1. The van der Waals surface area contributed by atoms with Crippen LogP contribution in [0.5, 0.6) is 5.75 Å². The molecule has 2 atom stereocenters. The molecule has 0 bridgehead atoms. The first-order chi connectivity index (χ1) is 9.11. The van der Waals surface area contributed by atoms with Gasteiger partial charge in [-0.25, -0.2) is 0 Å². The van der Waals surface area contributed by atoms with Crippen LogP contribution in [-0.2, 0) is 0 Å². The van der Waals surface area contributed by atoms with Gasteiger partial charge in [0.05, 0.1) is 12.4 Å². The zero-order valence-corrected chi connectivity index (χ0v) is 12.4. The second-order valence-electron chi connectivity index (χ2n) is 4.32. The van der Waals surface area contributed by atoms with Gasteiger partial charge in [0.1, 0.15) is 5.75 Å². The number of thioether (sulfide) groups is 1. The highest BCUT2D eigenvalue weighted by molar-refractivity contribution is 7.99. The summed E-state index contributed by atoms with van der Waals surface area (Å²) in [7, 11) is 1.70. The molecule has 102 valence electrons. The first-order valence-electron chi connectivity index (χ1n) is 6.20. The lowest BCUT2D eigenvalue weighted by Gasteiger charge is -2.17. The fourth-order valence-corrected chi connectivity index (χ4v) is 3.08. The Morgan fingerprint density at radius 1 is 1.16 bits per heavy atom. The van der Waals surface area contributed by atoms with Crippen LogP contribution in [0.3, 0.4) is 0 Å². The predicted molar refractivity (Wildman–Crippen MR) is 76.5 cm³/mol. The Bertz CT molecular complexity index is 542. The first-order valence-corrected chi connectivity index (χ1v) is 7.14. The second kappa shape index (κ2) is 6.10. The average molecular weight is 278 g/mol. The lowest BCUT2D eigenvalue weighted by molar-refractivity contribution is 0.410. The minimum absolute atomic E-state index is 0.154. The topological polar surface area (TPSA) is 48.2 Å². The maximum absolute atomic E-state index is 5.46. The Labute approximate surface area is 117 Å². The van der Waals surface area contributed by atoms with E-state index in [9.17, 15) is 0 Å². The zero-order chi connectivity index (χ0) is 13.8. The van der Waals surface area contributed by atoms with Crippen molar-refractivity contribution < 1.29 is 9.15 Å². The Morgan fingerprint density at radius 2 is 1.89 bits per heavy atom. The van der Waals surface area contributed by atoms with E-state index < -0.39 is 0 Å². The summed E-state index contributed by atoms with van der Waals surface area (Å²) in [6.45, 7) is 6.03. The van der Waals surface area contributed by atoms with Gasteiger partial charge in [-0.05, 0) is 19.9 Å². The van der Waals surface area contributed by atoms with Crippen LogP contribution in [0, 0.1) is 6.92 Å². The minimum atomic E-state index is 0.154. The van der Waals surface area contributed by atoms with Crippen molar-refractivity contribution in [2.45, 2.75) is 31.3 Å². The molecule has 2 rings (SSSR count). The van der Waals surface area contributed by atoms with Crippen LogP contribution in [0.1, 0.15) is 41.7 Å². The van der Waals surface area contributed by atoms with Crippen molar-refractivity contribution in [3.05, 3.63) is 41.6 Å². The molecule has 0 unspecified atom stereocenters. The SMILES string of the molecule is COc1ccccc1[C@H](C)S[C@@H](C)c1nnc(C)o1. The van der Waals surface area contributed by atoms with Crippen molar-refractivity contribution in [3.63, 3.8) is 0 Å². The van der Waals surface area contributed by atoms with Gasteiger partial charge in [0.15, 0.2) is 0 Å². The molecule has 19 heavy (non-hydrogen) atoms. The first kappa shape index (κ1) is 13.9. The van der Waals surface area contributed by atoms with Crippen LogP contribution in [0.15, 0.2) is 28.7 Å². The normalized spacial score (nSPS) is 14.1. The van der Waals surface area contributed by atoms with Crippen molar-refractivity contribution in [3.8, 4) is 5.75 Å². The van der Waals surface area contributed by atoms with Crippen LogP contribution in [-0.4, -0.2) is 17.3 Å². The molecule has 2 aromatic rings. The lowest BCUT2D eigenvalue weighted by Crippen LogP contribution is -1.97. The monoisotopic (exact) mass is 278 g/mol. The fourth-order valence-electron chi connectivity index (χ4n) is 1.92. The molecule has 0 radical (unpaired) electrons. The van der Waals surface area contributed by atoms with Gasteiger partial charge in [-0.2, -0.15) is 0 Å². The van der Waals surface area contributed by atoms with E-state index in [4.69, 9.17) is 9.15 Å². The average Bonchev–Trinajstić information content (AvgIpc) is 2.85. The van der Waals surface area contributed by atoms with Crippen molar-refractivity contribution >= 4 is 11.8 Å². The highest BCUT2D eigenvalue weighted by Gasteiger charge is 2.19. The van der Waals surface area contributed by atoms with E-state index in [1.807, 2.05) is 18.2 Å². The van der Waals surface area contributed by atoms with Gasteiger partial charge in [-0.1, -0.05) is 18.2 Å². The maximum atomic E-state index is 5.46. The fraction of sp³-hybridized carbons (Fsp3) is 0.429. The highest BCUT2D eigenvalue weighted by atomic mass is 32.2. The van der Waals surface area contributed by atoms with Crippen LogP contribution in [0.25, 0.3) is 0 Å². The van der Waals surface area contributed by atoms with Gasteiger partial charge < -0.3 is 9.15 Å². The van der Waals surface area contributed by atoms with Crippen LogP contribution < -0.4 is 4.74 Å². The molecule has 5 heteroatoms. The molecular weight excluding hydrogens is 260 g/mol. The standard InChI is InChI=1S/C14H18N2O2S/c1-9(12-7-5-6-8-13(12)17-4)19-10(2)14-16-15-11(3)18-14/h5-10H,1-4H3/t9-,10-/m0/s1.